The minimum atomic E-state index is -0.303. The molecule has 1 amide bonds. The number of ether oxygens (including phenoxy) is 1. The van der Waals surface area contributed by atoms with E-state index in [-0.39, 0.29) is 24.5 Å². The van der Waals surface area contributed by atoms with Crippen LogP contribution < -0.4 is 10.6 Å². The maximum absolute atomic E-state index is 10.9. The highest BCUT2D eigenvalue weighted by atomic mass is 16.5. The van der Waals surface area contributed by atoms with Gasteiger partial charge in [0.15, 0.2) is 0 Å². The van der Waals surface area contributed by atoms with E-state index >= 15 is 0 Å². The van der Waals surface area contributed by atoms with Gasteiger partial charge >= 0.3 is 5.97 Å². The third-order valence-corrected chi connectivity index (χ3v) is 1.72. The summed E-state index contributed by atoms with van der Waals surface area (Å²) in [5.74, 6) is -0.395. The number of hydrogen-bond donors (Lipinski definition) is 2. The van der Waals surface area contributed by atoms with Gasteiger partial charge in [0.05, 0.1) is 13.2 Å². The summed E-state index contributed by atoms with van der Waals surface area (Å²) in [6, 6.07) is -0.303. The monoisotopic (exact) mass is 172 g/mol. The molecule has 1 heterocycles. The van der Waals surface area contributed by atoms with Crippen LogP contribution in [-0.2, 0) is 14.3 Å². The highest BCUT2D eigenvalue weighted by Crippen LogP contribution is 2.04. The van der Waals surface area contributed by atoms with E-state index in [4.69, 9.17) is 4.74 Å². The van der Waals surface area contributed by atoms with Crippen molar-refractivity contribution in [3.8, 4) is 0 Å². The predicted molar refractivity (Wildman–Crippen MR) is 41.4 cm³/mol. The van der Waals surface area contributed by atoms with Gasteiger partial charge in [0.2, 0.25) is 5.91 Å². The molecule has 1 rings (SSSR count). The molecule has 5 nitrogen and oxygen atoms in total. The number of nitrogens with one attached hydrogen (secondary N) is 2. The normalized spacial score (nSPS) is 22.1. The summed E-state index contributed by atoms with van der Waals surface area (Å²) in [5, 5.41) is 5.25. The Morgan fingerprint density at radius 2 is 2.50 bits per heavy atom. The van der Waals surface area contributed by atoms with Crippen LogP contribution in [0.5, 0.6) is 0 Å². The molecule has 0 saturated carbocycles. The highest BCUT2D eigenvalue weighted by molar-refractivity contribution is 5.81. The minimum absolute atomic E-state index is 0.130. The number of rotatable bonds is 3. The Labute approximate surface area is 70.5 Å². The van der Waals surface area contributed by atoms with Gasteiger partial charge < -0.3 is 10.1 Å². The van der Waals surface area contributed by atoms with E-state index in [1.807, 2.05) is 0 Å². The van der Waals surface area contributed by atoms with Crippen LogP contribution in [0.3, 0.4) is 0 Å². The summed E-state index contributed by atoms with van der Waals surface area (Å²) in [6.45, 7) is 0.612. The second-order valence-corrected chi connectivity index (χ2v) is 2.56. The van der Waals surface area contributed by atoms with Crippen LogP contribution in [0.4, 0.5) is 0 Å². The molecule has 2 N–H and O–H groups in total. The molecule has 12 heavy (non-hydrogen) atoms. The number of carbonyl (C=O) groups excluding carboxylic acids is 2. The smallest absolute Gasteiger partial charge is 0.323 e. The van der Waals surface area contributed by atoms with Gasteiger partial charge in [0.1, 0.15) is 6.04 Å². The first kappa shape index (κ1) is 8.99. The summed E-state index contributed by atoms with van der Waals surface area (Å²) in [7, 11) is 1.55. The SMILES string of the molecule is CNC(=O)CNC1CCOC1=O. The lowest BCUT2D eigenvalue weighted by atomic mass is 10.2. The number of cyclic esters (lactones) is 1. The van der Waals surface area contributed by atoms with Crippen molar-refractivity contribution in [2.75, 3.05) is 20.2 Å². The van der Waals surface area contributed by atoms with E-state index in [2.05, 4.69) is 10.6 Å². The molecule has 0 aromatic heterocycles. The van der Waals surface area contributed by atoms with Crippen molar-refractivity contribution in [2.24, 2.45) is 0 Å². The van der Waals surface area contributed by atoms with Gasteiger partial charge in [-0.1, -0.05) is 0 Å². The van der Waals surface area contributed by atoms with Crippen LogP contribution in [0.1, 0.15) is 6.42 Å². The largest absolute Gasteiger partial charge is 0.464 e. The maximum atomic E-state index is 10.9. The number of hydrogen-bond acceptors (Lipinski definition) is 4. The highest BCUT2D eigenvalue weighted by Gasteiger charge is 2.25. The van der Waals surface area contributed by atoms with Crippen LogP contribution in [-0.4, -0.2) is 38.1 Å². The first-order chi connectivity index (χ1) is 5.74. The van der Waals surface area contributed by atoms with E-state index in [1.54, 1.807) is 7.05 Å². The Morgan fingerprint density at radius 1 is 1.75 bits per heavy atom. The van der Waals surface area contributed by atoms with Gasteiger partial charge in [-0.05, 0) is 0 Å². The Balaban J connectivity index is 2.22. The molecule has 0 spiro atoms. The average Bonchev–Trinajstić information content (AvgIpc) is 2.47. The van der Waals surface area contributed by atoms with Crippen molar-refractivity contribution < 1.29 is 14.3 Å². The molecule has 5 heteroatoms. The lowest BCUT2D eigenvalue weighted by Crippen LogP contribution is -2.40. The fourth-order valence-electron chi connectivity index (χ4n) is 0.985. The first-order valence-electron chi connectivity index (χ1n) is 3.84. The van der Waals surface area contributed by atoms with Gasteiger partial charge in [0.25, 0.3) is 0 Å². The summed E-state index contributed by atoms with van der Waals surface area (Å²) in [5.41, 5.74) is 0. The van der Waals surface area contributed by atoms with Gasteiger partial charge in [0, 0.05) is 13.5 Å². The molecular weight excluding hydrogens is 160 g/mol. The van der Waals surface area contributed by atoms with E-state index in [9.17, 15) is 9.59 Å². The molecular formula is C7H12N2O3. The second-order valence-electron chi connectivity index (χ2n) is 2.56. The maximum Gasteiger partial charge on any atom is 0.323 e. The van der Waals surface area contributed by atoms with Crippen LogP contribution in [0, 0.1) is 0 Å². The standard InChI is InChI=1S/C7H12N2O3/c1-8-6(10)4-9-5-2-3-12-7(5)11/h5,9H,2-4H2,1H3,(H,8,10). The van der Waals surface area contributed by atoms with Crippen LogP contribution in [0.25, 0.3) is 0 Å². The Kier molecular flexibility index (Phi) is 3.04. The second kappa shape index (κ2) is 4.06. The molecule has 0 aliphatic carbocycles. The zero-order valence-corrected chi connectivity index (χ0v) is 6.92. The lowest BCUT2D eigenvalue weighted by Gasteiger charge is -2.06. The third-order valence-electron chi connectivity index (χ3n) is 1.72. The van der Waals surface area contributed by atoms with E-state index < -0.39 is 0 Å². The predicted octanol–water partition coefficient (Wildman–Crippen LogP) is -1.36. The van der Waals surface area contributed by atoms with Crippen LogP contribution in [0.15, 0.2) is 0 Å². The fourth-order valence-corrected chi connectivity index (χ4v) is 0.985. The minimum Gasteiger partial charge on any atom is -0.464 e. The first-order valence-corrected chi connectivity index (χ1v) is 3.84. The zero-order valence-electron chi connectivity index (χ0n) is 6.92. The summed E-state index contributed by atoms with van der Waals surface area (Å²) in [6.07, 6.45) is 0.649. The van der Waals surface area contributed by atoms with Gasteiger partial charge in [-0.2, -0.15) is 0 Å². The van der Waals surface area contributed by atoms with Crippen molar-refractivity contribution in [1.82, 2.24) is 10.6 Å². The van der Waals surface area contributed by atoms with Gasteiger partial charge in [-0.3, -0.25) is 14.9 Å². The topological polar surface area (TPSA) is 67.4 Å². The average molecular weight is 172 g/mol. The summed E-state index contributed by atoms with van der Waals surface area (Å²) in [4.78, 5) is 21.6. The molecule has 68 valence electrons. The number of amides is 1. The van der Waals surface area contributed by atoms with E-state index in [1.165, 1.54) is 0 Å². The molecule has 0 aromatic rings. The molecule has 1 unspecified atom stereocenters. The molecule has 0 aromatic carbocycles. The van der Waals surface area contributed by atoms with E-state index in [0.717, 1.165) is 0 Å². The van der Waals surface area contributed by atoms with Crippen molar-refractivity contribution in [3.05, 3.63) is 0 Å². The lowest BCUT2D eigenvalue weighted by molar-refractivity contribution is -0.139. The molecule has 1 atom stereocenters. The van der Waals surface area contributed by atoms with Crippen molar-refractivity contribution >= 4 is 11.9 Å². The molecule has 1 saturated heterocycles. The van der Waals surface area contributed by atoms with E-state index in [0.29, 0.717) is 13.0 Å². The Hall–Kier alpha value is -1.10. The summed E-state index contributed by atoms with van der Waals surface area (Å²) < 4.78 is 4.70. The fraction of sp³-hybridized carbons (Fsp3) is 0.714. The van der Waals surface area contributed by atoms with Gasteiger partial charge in [-0.25, -0.2) is 0 Å². The Bertz CT molecular complexity index is 193. The molecule has 0 radical (unpaired) electrons. The molecule has 1 aliphatic rings. The number of likely N-dealkylation sites (N-methyl/N-ethyl adjacent to an activating group) is 1. The van der Waals surface area contributed by atoms with Crippen LogP contribution >= 0.6 is 0 Å². The van der Waals surface area contributed by atoms with Crippen LogP contribution in [0.2, 0.25) is 0 Å². The number of carbonyl (C=O) groups is 2. The summed E-state index contributed by atoms with van der Waals surface area (Å²) >= 11 is 0. The van der Waals surface area contributed by atoms with Crippen molar-refractivity contribution in [1.29, 1.82) is 0 Å². The quantitative estimate of drug-likeness (QED) is 0.516. The Morgan fingerprint density at radius 3 is 3.00 bits per heavy atom. The number of esters is 1. The van der Waals surface area contributed by atoms with Crippen molar-refractivity contribution in [3.63, 3.8) is 0 Å². The molecule has 1 aliphatic heterocycles. The molecule has 0 bridgehead atoms. The molecule has 1 fully saturated rings. The van der Waals surface area contributed by atoms with Crippen molar-refractivity contribution in [2.45, 2.75) is 12.5 Å². The zero-order chi connectivity index (χ0) is 8.97. The third kappa shape index (κ3) is 2.20. The van der Waals surface area contributed by atoms with Gasteiger partial charge in [-0.15, -0.1) is 0 Å².